The van der Waals surface area contributed by atoms with Crippen LogP contribution in [0.2, 0.25) is 0 Å². The fourth-order valence-corrected chi connectivity index (χ4v) is 3.33. The largest absolute Gasteiger partial charge is 0.381 e. The first kappa shape index (κ1) is 16.3. The summed E-state index contributed by atoms with van der Waals surface area (Å²) in [4.78, 5) is 2.71. The third-order valence-electron chi connectivity index (χ3n) is 5.34. The molecule has 0 spiro atoms. The second-order valence-corrected chi connectivity index (χ2v) is 6.77. The van der Waals surface area contributed by atoms with Gasteiger partial charge in [0.25, 0.3) is 0 Å². The van der Waals surface area contributed by atoms with Gasteiger partial charge in [0.2, 0.25) is 0 Å². The van der Waals surface area contributed by atoms with Crippen LogP contribution in [0.25, 0.3) is 0 Å². The highest BCUT2D eigenvalue weighted by atomic mass is 16.5. The van der Waals surface area contributed by atoms with Crippen LogP contribution >= 0.6 is 0 Å². The molecule has 3 heteroatoms. The molecular formula is C17H34N2O. The lowest BCUT2D eigenvalue weighted by Gasteiger charge is -2.47. The van der Waals surface area contributed by atoms with E-state index in [2.05, 4.69) is 31.0 Å². The molecule has 2 aliphatic rings. The van der Waals surface area contributed by atoms with E-state index in [1.54, 1.807) is 0 Å². The molecule has 1 aliphatic carbocycles. The van der Waals surface area contributed by atoms with E-state index in [0.29, 0.717) is 11.6 Å². The summed E-state index contributed by atoms with van der Waals surface area (Å²) in [7, 11) is 0. The maximum absolute atomic E-state index is 5.78. The molecule has 1 unspecified atom stereocenters. The van der Waals surface area contributed by atoms with Crippen LogP contribution < -0.4 is 5.32 Å². The van der Waals surface area contributed by atoms with E-state index in [1.165, 1.54) is 51.6 Å². The fraction of sp³-hybridized carbons (Fsp3) is 1.00. The van der Waals surface area contributed by atoms with Gasteiger partial charge in [-0.15, -0.1) is 0 Å². The summed E-state index contributed by atoms with van der Waals surface area (Å²) in [5.74, 6) is 0.894. The van der Waals surface area contributed by atoms with Crippen LogP contribution in [0.15, 0.2) is 0 Å². The molecule has 1 saturated heterocycles. The number of rotatable bonds is 9. The minimum atomic E-state index is 0.348. The molecule has 0 bridgehead atoms. The van der Waals surface area contributed by atoms with Gasteiger partial charge in [0.1, 0.15) is 0 Å². The number of hydrogen-bond donors (Lipinski definition) is 1. The van der Waals surface area contributed by atoms with Crippen LogP contribution in [-0.4, -0.2) is 49.3 Å². The maximum atomic E-state index is 5.78. The highest BCUT2D eigenvalue weighted by Gasteiger charge is 2.35. The average Bonchev–Trinajstić information content (AvgIpc) is 3.31. The quantitative estimate of drug-likeness (QED) is 0.658. The van der Waals surface area contributed by atoms with E-state index >= 15 is 0 Å². The minimum absolute atomic E-state index is 0.348. The number of nitrogens with zero attached hydrogens (tertiary/aromatic N) is 1. The first-order chi connectivity index (χ1) is 9.73. The summed E-state index contributed by atoms with van der Waals surface area (Å²) < 4.78 is 5.78. The van der Waals surface area contributed by atoms with Crippen LogP contribution in [0.4, 0.5) is 0 Å². The van der Waals surface area contributed by atoms with Crippen molar-refractivity contribution in [2.24, 2.45) is 5.92 Å². The van der Waals surface area contributed by atoms with Gasteiger partial charge >= 0.3 is 0 Å². The Labute approximate surface area is 125 Å². The summed E-state index contributed by atoms with van der Waals surface area (Å²) in [6.07, 6.45) is 7.69. The number of hydrogen-bond acceptors (Lipinski definition) is 3. The Morgan fingerprint density at radius 1 is 1.20 bits per heavy atom. The molecule has 2 rings (SSSR count). The van der Waals surface area contributed by atoms with Gasteiger partial charge in [-0.2, -0.15) is 0 Å². The first-order valence-corrected chi connectivity index (χ1v) is 8.79. The standard InChI is InChI=1S/C17H34N2O/c1-4-16-12-18-17(5-2,6-3)14-19(16)10-7-11-20-13-15-8-9-15/h15-16,18H,4-14H2,1-3H3. The number of ether oxygens (including phenoxy) is 1. The smallest absolute Gasteiger partial charge is 0.0494 e. The van der Waals surface area contributed by atoms with Crippen LogP contribution in [0.5, 0.6) is 0 Å². The minimum Gasteiger partial charge on any atom is -0.381 e. The second-order valence-electron chi connectivity index (χ2n) is 6.77. The van der Waals surface area contributed by atoms with Crippen molar-refractivity contribution in [2.75, 3.05) is 32.8 Å². The zero-order valence-corrected chi connectivity index (χ0v) is 13.8. The lowest BCUT2D eigenvalue weighted by Crippen LogP contribution is -2.63. The monoisotopic (exact) mass is 282 g/mol. The molecule has 0 aromatic heterocycles. The van der Waals surface area contributed by atoms with Gasteiger partial charge in [0.05, 0.1) is 0 Å². The van der Waals surface area contributed by atoms with E-state index in [4.69, 9.17) is 4.74 Å². The third kappa shape index (κ3) is 4.44. The van der Waals surface area contributed by atoms with Gasteiger partial charge in [-0.25, -0.2) is 0 Å². The molecule has 1 heterocycles. The van der Waals surface area contributed by atoms with Crippen LogP contribution in [-0.2, 0) is 4.74 Å². The van der Waals surface area contributed by atoms with Gasteiger partial charge in [0, 0.05) is 44.4 Å². The van der Waals surface area contributed by atoms with Crippen LogP contribution in [0.1, 0.15) is 59.3 Å². The Kier molecular flexibility index (Phi) is 6.31. The Hall–Kier alpha value is -0.120. The predicted octanol–water partition coefficient (Wildman–Crippen LogP) is 3.05. The van der Waals surface area contributed by atoms with E-state index in [-0.39, 0.29) is 0 Å². The van der Waals surface area contributed by atoms with Crippen molar-refractivity contribution < 1.29 is 4.74 Å². The lowest BCUT2D eigenvalue weighted by atomic mass is 9.88. The molecule has 1 aliphatic heterocycles. The number of nitrogens with one attached hydrogen (secondary N) is 1. The molecule has 0 aromatic rings. The van der Waals surface area contributed by atoms with Crippen LogP contribution in [0, 0.1) is 5.92 Å². The molecule has 3 nitrogen and oxygen atoms in total. The molecular weight excluding hydrogens is 248 g/mol. The van der Waals surface area contributed by atoms with Crippen molar-refractivity contribution in [3.05, 3.63) is 0 Å². The predicted molar refractivity (Wildman–Crippen MR) is 85.1 cm³/mol. The van der Waals surface area contributed by atoms with Crippen molar-refractivity contribution in [1.82, 2.24) is 10.2 Å². The van der Waals surface area contributed by atoms with Gasteiger partial charge in [0.15, 0.2) is 0 Å². The summed E-state index contributed by atoms with van der Waals surface area (Å²) in [6, 6.07) is 0.713. The Morgan fingerprint density at radius 3 is 2.55 bits per heavy atom. The van der Waals surface area contributed by atoms with E-state index in [1.807, 2.05) is 0 Å². The summed E-state index contributed by atoms with van der Waals surface area (Å²) >= 11 is 0. The van der Waals surface area contributed by atoms with Gasteiger partial charge < -0.3 is 10.1 Å². The zero-order valence-electron chi connectivity index (χ0n) is 13.8. The van der Waals surface area contributed by atoms with Crippen molar-refractivity contribution in [3.8, 4) is 0 Å². The molecule has 118 valence electrons. The van der Waals surface area contributed by atoms with Crippen molar-refractivity contribution in [1.29, 1.82) is 0 Å². The number of piperazine rings is 1. The van der Waals surface area contributed by atoms with E-state index in [0.717, 1.165) is 25.7 Å². The van der Waals surface area contributed by atoms with Gasteiger partial charge in [-0.1, -0.05) is 20.8 Å². The van der Waals surface area contributed by atoms with Crippen LogP contribution in [0.3, 0.4) is 0 Å². The van der Waals surface area contributed by atoms with Gasteiger partial charge in [-0.3, -0.25) is 4.90 Å². The highest BCUT2D eigenvalue weighted by molar-refractivity contribution is 4.96. The molecule has 1 atom stereocenters. The first-order valence-electron chi connectivity index (χ1n) is 8.79. The van der Waals surface area contributed by atoms with E-state index < -0.39 is 0 Å². The fourth-order valence-electron chi connectivity index (χ4n) is 3.33. The topological polar surface area (TPSA) is 24.5 Å². The molecule has 2 fully saturated rings. The Bertz CT molecular complexity index is 274. The lowest BCUT2D eigenvalue weighted by molar-refractivity contribution is 0.0549. The van der Waals surface area contributed by atoms with E-state index in [9.17, 15) is 0 Å². The maximum Gasteiger partial charge on any atom is 0.0494 e. The average molecular weight is 282 g/mol. The van der Waals surface area contributed by atoms with Gasteiger partial charge in [-0.05, 0) is 44.4 Å². The Balaban J connectivity index is 1.72. The summed E-state index contributed by atoms with van der Waals surface area (Å²) in [6.45, 7) is 12.5. The molecule has 1 saturated carbocycles. The summed E-state index contributed by atoms with van der Waals surface area (Å²) in [5, 5.41) is 3.81. The van der Waals surface area contributed by atoms with Crippen molar-refractivity contribution >= 4 is 0 Å². The SMILES string of the molecule is CCC1CNC(CC)(CC)CN1CCCOCC1CC1. The molecule has 0 amide bonds. The van der Waals surface area contributed by atoms with Crippen molar-refractivity contribution in [2.45, 2.75) is 70.9 Å². The van der Waals surface area contributed by atoms with Crippen molar-refractivity contribution in [3.63, 3.8) is 0 Å². The molecule has 20 heavy (non-hydrogen) atoms. The molecule has 1 N–H and O–H groups in total. The Morgan fingerprint density at radius 2 is 1.95 bits per heavy atom. The normalized spacial score (nSPS) is 26.9. The molecule has 0 radical (unpaired) electrons. The second kappa shape index (κ2) is 7.77. The third-order valence-corrected chi connectivity index (χ3v) is 5.34. The molecule has 0 aromatic carbocycles. The summed E-state index contributed by atoms with van der Waals surface area (Å²) in [5.41, 5.74) is 0.348. The zero-order chi connectivity index (χ0) is 14.4. The highest BCUT2D eigenvalue weighted by Crippen LogP contribution is 2.29.